The van der Waals surface area contributed by atoms with Crippen LogP contribution in [-0.4, -0.2) is 10.2 Å². The van der Waals surface area contributed by atoms with Gasteiger partial charge >= 0.3 is 0 Å². The Morgan fingerprint density at radius 3 is 1.41 bits per heavy atom. The van der Waals surface area contributed by atoms with Crippen molar-refractivity contribution in [3.63, 3.8) is 0 Å². The first-order valence-electron chi connectivity index (χ1n) is 5.42. The first kappa shape index (κ1) is 10.2. The second-order valence-corrected chi connectivity index (χ2v) is 4.76. The van der Waals surface area contributed by atoms with Gasteiger partial charge in [-0.25, -0.2) is 0 Å². The molecule has 82 valence electrons. The van der Waals surface area contributed by atoms with E-state index >= 15 is 0 Å². The second-order valence-electron chi connectivity index (χ2n) is 3.69. The number of benzene rings is 2. The molecule has 0 unspecified atom stereocenters. The van der Waals surface area contributed by atoms with Gasteiger partial charge in [-0.3, -0.25) is 0 Å². The summed E-state index contributed by atoms with van der Waals surface area (Å²) in [5, 5.41) is 8.51. The molecule has 3 heteroatoms. The molecule has 1 heterocycles. The second kappa shape index (κ2) is 4.52. The van der Waals surface area contributed by atoms with E-state index in [4.69, 9.17) is 0 Å². The molecule has 0 saturated carbocycles. The first-order valence-corrected chi connectivity index (χ1v) is 6.31. The molecule has 3 aromatic rings. The van der Waals surface area contributed by atoms with Crippen molar-refractivity contribution in [3.8, 4) is 22.0 Å². The minimum Gasteiger partial charge on any atom is -0.470 e. The van der Waals surface area contributed by atoms with Gasteiger partial charge in [0.15, 0.2) is 0 Å². The highest BCUT2D eigenvalue weighted by atomic mass is 31.0. The maximum Gasteiger partial charge on any atom is -0.0305 e. The van der Waals surface area contributed by atoms with Crippen LogP contribution in [0.3, 0.4) is 0 Å². The van der Waals surface area contributed by atoms with Gasteiger partial charge in [-0.05, 0) is 11.1 Å². The van der Waals surface area contributed by atoms with Crippen LogP contribution < -0.4 is 0 Å². The third-order valence-corrected chi connectivity index (χ3v) is 3.63. The minimum atomic E-state index is 1.02. The summed E-state index contributed by atoms with van der Waals surface area (Å²) in [6.07, 6.45) is 0. The summed E-state index contributed by atoms with van der Waals surface area (Å²) < 4.78 is 0. The molecule has 2 aromatic carbocycles. The Kier molecular flexibility index (Phi) is 2.73. The number of rotatable bonds is 2. The standard InChI is InChI=1S/C14H10N2P/c1-3-7-11(8-4-1)13-15-16-14(17-13)12-9-5-2-6-10-12/h1-10H/q-1. The van der Waals surface area contributed by atoms with E-state index in [1.807, 2.05) is 36.4 Å². The number of aromatic nitrogens is 2. The number of hydrogen-bond acceptors (Lipinski definition) is 2. The van der Waals surface area contributed by atoms with Gasteiger partial charge in [0.25, 0.3) is 0 Å². The normalized spacial score (nSPS) is 10.4. The van der Waals surface area contributed by atoms with E-state index in [-0.39, 0.29) is 0 Å². The highest BCUT2D eigenvalue weighted by Crippen LogP contribution is 2.33. The van der Waals surface area contributed by atoms with Gasteiger partial charge in [0.05, 0.1) is 0 Å². The van der Waals surface area contributed by atoms with Crippen molar-refractivity contribution in [2.24, 2.45) is 0 Å². The minimum absolute atomic E-state index is 1.02. The monoisotopic (exact) mass is 237 g/mol. The predicted molar refractivity (Wildman–Crippen MR) is 71.0 cm³/mol. The molecule has 0 atom stereocenters. The highest BCUT2D eigenvalue weighted by molar-refractivity contribution is 7.37. The fraction of sp³-hybridized carbons (Fsp3) is 0. The van der Waals surface area contributed by atoms with Crippen LogP contribution in [0.2, 0.25) is 0 Å². The topological polar surface area (TPSA) is 25.8 Å². The van der Waals surface area contributed by atoms with Crippen LogP contribution in [0.1, 0.15) is 0 Å². The van der Waals surface area contributed by atoms with Gasteiger partial charge in [0.2, 0.25) is 0 Å². The van der Waals surface area contributed by atoms with Crippen molar-refractivity contribution < 1.29 is 0 Å². The summed E-state index contributed by atoms with van der Waals surface area (Å²) in [5.41, 5.74) is 4.32. The van der Waals surface area contributed by atoms with Crippen LogP contribution in [0.5, 0.6) is 0 Å². The van der Waals surface area contributed by atoms with Gasteiger partial charge in [-0.1, -0.05) is 71.5 Å². The van der Waals surface area contributed by atoms with Crippen molar-refractivity contribution in [1.82, 2.24) is 10.2 Å². The Bertz CT molecular complexity index is 548. The molecule has 0 aliphatic rings. The third kappa shape index (κ3) is 2.13. The van der Waals surface area contributed by atoms with E-state index in [0.29, 0.717) is 0 Å². The number of nitrogens with zero attached hydrogens (tertiary/aromatic N) is 2. The molecule has 1 aromatic heterocycles. The third-order valence-electron chi connectivity index (χ3n) is 2.52. The fourth-order valence-corrected chi connectivity index (χ4v) is 2.59. The summed E-state index contributed by atoms with van der Waals surface area (Å²) in [6.45, 7) is 0. The van der Waals surface area contributed by atoms with Crippen LogP contribution >= 0.6 is 8.19 Å². The van der Waals surface area contributed by atoms with E-state index in [1.165, 1.54) is 0 Å². The molecular weight excluding hydrogens is 227 g/mol. The summed E-state index contributed by atoms with van der Waals surface area (Å²) in [5.74, 6) is 0. The van der Waals surface area contributed by atoms with Crippen molar-refractivity contribution in [1.29, 1.82) is 0 Å². The Morgan fingerprint density at radius 2 is 1.00 bits per heavy atom. The summed E-state index contributed by atoms with van der Waals surface area (Å²) in [7, 11) is 1.08. The average Bonchev–Trinajstić information content (AvgIpc) is 2.90. The van der Waals surface area contributed by atoms with E-state index in [9.17, 15) is 0 Å². The van der Waals surface area contributed by atoms with Crippen molar-refractivity contribution in [2.45, 2.75) is 0 Å². The van der Waals surface area contributed by atoms with E-state index < -0.39 is 0 Å². The Labute approximate surface area is 101 Å². The van der Waals surface area contributed by atoms with Gasteiger partial charge in [-0.15, -0.1) is 0 Å². The van der Waals surface area contributed by atoms with Crippen molar-refractivity contribution in [2.75, 3.05) is 0 Å². The molecule has 3 rings (SSSR count). The Morgan fingerprint density at radius 1 is 0.588 bits per heavy atom. The molecule has 0 N–H and O–H groups in total. The zero-order chi connectivity index (χ0) is 11.5. The Balaban J connectivity index is 1.99. The lowest BCUT2D eigenvalue weighted by atomic mass is 10.2. The maximum atomic E-state index is 4.26. The van der Waals surface area contributed by atoms with Crippen molar-refractivity contribution >= 4 is 8.19 Å². The summed E-state index contributed by atoms with van der Waals surface area (Å²) >= 11 is 0. The molecule has 0 radical (unpaired) electrons. The molecule has 0 aliphatic heterocycles. The van der Waals surface area contributed by atoms with E-state index in [1.54, 1.807) is 0 Å². The van der Waals surface area contributed by atoms with Crippen LogP contribution in [0.4, 0.5) is 0 Å². The Hall–Kier alpha value is -1.92. The summed E-state index contributed by atoms with van der Waals surface area (Å²) in [4.78, 5) is 0. The molecule has 2 nitrogen and oxygen atoms in total. The lowest BCUT2D eigenvalue weighted by Gasteiger charge is -2.05. The molecule has 0 spiro atoms. The fourth-order valence-electron chi connectivity index (χ4n) is 1.66. The van der Waals surface area contributed by atoms with Crippen LogP contribution in [0, 0.1) is 0 Å². The molecule has 0 aliphatic carbocycles. The molecule has 0 fully saturated rings. The zero-order valence-corrected chi connectivity index (χ0v) is 10.0. The van der Waals surface area contributed by atoms with Gasteiger partial charge in [0.1, 0.15) is 0 Å². The number of hydrogen-bond donors (Lipinski definition) is 0. The van der Waals surface area contributed by atoms with Crippen LogP contribution in [0.25, 0.3) is 22.0 Å². The highest BCUT2D eigenvalue weighted by Gasteiger charge is 1.95. The first-order chi connectivity index (χ1) is 8.43. The molecular formula is C14H10N2P-. The van der Waals surface area contributed by atoms with Crippen LogP contribution in [-0.2, 0) is 0 Å². The quantitative estimate of drug-likeness (QED) is 0.670. The van der Waals surface area contributed by atoms with Gasteiger partial charge < -0.3 is 8.19 Å². The average molecular weight is 237 g/mol. The van der Waals surface area contributed by atoms with Crippen molar-refractivity contribution in [3.05, 3.63) is 60.7 Å². The molecule has 0 saturated heterocycles. The summed E-state index contributed by atoms with van der Waals surface area (Å²) in [6, 6.07) is 20.4. The van der Waals surface area contributed by atoms with E-state index in [0.717, 1.165) is 30.2 Å². The van der Waals surface area contributed by atoms with Crippen LogP contribution in [0.15, 0.2) is 60.7 Å². The predicted octanol–water partition coefficient (Wildman–Crippen LogP) is 4.11. The van der Waals surface area contributed by atoms with Gasteiger partial charge in [0, 0.05) is 0 Å². The maximum absolute atomic E-state index is 4.26. The van der Waals surface area contributed by atoms with Gasteiger partial charge in [-0.2, -0.15) is 10.2 Å². The molecule has 0 bridgehead atoms. The molecule has 17 heavy (non-hydrogen) atoms. The SMILES string of the molecule is c1ccc(-c2nnc(-c3ccccc3)[p-]2)cc1. The lowest BCUT2D eigenvalue weighted by Crippen LogP contribution is -1.76. The lowest BCUT2D eigenvalue weighted by molar-refractivity contribution is 1.10. The van der Waals surface area contributed by atoms with E-state index in [2.05, 4.69) is 34.5 Å². The smallest absolute Gasteiger partial charge is 0.0305 e. The largest absolute Gasteiger partial charge is 0.470 e. The zero-order valence-electron chi connectivity index (χ0n) is 9.12. The molecule has 0 amide bonds.